The molecule has 0 aromatic heterocycles. The Kier molecular flexibility index (Phi) is 3.90. The Morgan fingerprint density at radius 2 is 2.27 bits per heavy atom. The number of phenolic OH excluding ortho intramolecular Hbond substituents is 1. The van der Waals surface area contributed by atoms with Crippen molar-refractivity contribution in [1.29, 1.82) is 0 Å². The molecule has 0 radical (unpaired) electrons. The van der Waals surface area contributed by atoms with Crippen LogP contribution in [-0.4, -0.2) is 23.9 Å². The number of phenols is 1. The largest absolute Gasteiger partial charge is 0.502 e. The monoisotopic (exact) mass is 279 g/mol. The first kappa shape index (κ1) is 12.2. The van der Waals surface area contributed by atoms with E-state index in [1.165, 1.54) is 7.11 Å². The van der Waals surface area contributed by atoms with Gasteiger partial charge < -0.3 is 20.7 Å². The summed E-state index contributed by atoms with van der Waals surface area (Å²) < 4.78 is 18.3. The molecule has 4 nitrogen and oxygen atoms in total. The maximum absolute atomic E-state index is 13.1. The van der Waals surface area contributed by atoms with Gasteiger partial charge >= 0.3 is 0 Å². The van der Waals surface area contributed by atoms with Crippen molar-refractivity contribution in [2.45, 2.75) is 6.04 Å². The minimum absolute atomic E-state index is 0.0663. The van der Waals surface area contributed by atoms with Crippen LogP contribution in [0, 0.1) is 5.82 Å². The molecule has 0 aliphatic rings. The first-order valence-electron chi connectivity index (χ1n) is 4.14. The highest BCUT2D eigenvalue weighted by molar-refractivity contribution is 9.10. The lowest BCUT2D eigenvalue weighted by atomic mass is 10.1. The van der Waals surface area contributed by atoms with Crippen molar-refractivity contribution in [1.82, 2.24) is 0 Å². The van der Waals surface area contributed by atoms with Crippen LogP contribution in [0.5, 0.6) is 11.5 Å². The van der Waals surface area contributed by atoms with Crippen LogP contribution in [0.15, 0.2) is 10.5 Å². The van der Waals surface area contributed by atoms with Gasteiger partial charge in [-0.2, -0.15) is 0 Å². The average molecular weight is 280 g/mol. The lowest BCUT2D eigenvalue weighted by Gasteiger charge is -2.16. The van der Waals surface area contributed by atoms with Crippen LogP contribution in [0.1, 0.15) is 11.6 Å². The molecule has 0 amide bonds. The van der Waals surface area contributed by atoms with E-state index >= 15 is 0 Å². The minimum atomic E-state index is -0.812. The number of halogens is 2. The second-order valence-corrected chi connectivity index (χ2v) is 3.78. The third kappa shape index (κ3) is 2.22. The second-order valence-electron chi connectivity index (χ2n) is 2.92. The van der Waals surface area contributed by atoms with E-state index < -0.39 is 17.6 Å². The highest BCUT2D eigenvalue weighted by atomic mass is 79.9. The second kappa shape index (κ2) is 4.78. The summed E-state index contributed by atoms with van der Waals surface area (Å²) in [5.74, 6) is -1.49. The number of nitrogens with two attached hydrogens (primary N) is 1. The van der Waals surface area contributed by atoms with Gasteiger partial charge in [0.2, 0.25) is 0 Å². The van der Waals surface area contributed by atoms with Gasteiger partial charge in [-0.3, -0.25) is 0 Å². The van der Waals surface area contributed by atoms with Crippen LogP contribution in [-0.2, 0) is 0 Å². The third-order valence-corrected chi connectivity index (χ3v) is 2.62. The summed E-state index contributed by atoms with van der Waals surface area (Å²) in [4.78, 5) is 0. The molecule has 1 aromatic carbocycles. The van der Waals surface area contributed by atoms with E-state index in [0.29, 0.717) is 10.0 Å². The smallest absolute Gasteiger partial charge is 0.194 e. The fraction of sp³-hybridized carbons (Fsp3) is 0.333. The van der Waals surface area contributed by atoms with E-state index in [1.807, 2.05) is 0 Å². The Balaban J connectivity index is 3.41. The zero-order valence-electron chi connectivity index (χ0n) is 8.00. The molecule has 0 heterocycles. The molecule has 4 N–H and O–H groups in total. The van der Waals surface area contributed by atoms with E-state index in [-0.39, 0.29) is 12.4 Å². The van der Waals surface area contributed by atoms with Crippen LogP contribution in [0.3, 0.4) is 0 Å². The summed E-state index contributed by atoms with van der Waals surface area (Å²) >= 11 is 3.09. The molecule has 1 rings (SSSR count). The quantitative estimate of drug-likeness (QED) is 0.780. The fourth-order valence-electron chi connectivity index (χ4n) is 1.25. The van der Waals surface area contributed by atoms with Crippen molar-refractivity contribution in [3.05, 3.63) is 21.9 Å². The van der Waals surface area contributed by atoms with Crippen molar-refractivity contribution < 1.29 is 19.3 Å². The molecular formula is C9H11BrFNO3. The van der Waals surface area contributed by atoms with Crippen molar-refractivity contribution >= 4 is 15.9 Å². The van der Waals surface area contributed by atoms with E-state index in [9.17, 15) is 9.50 Å². The van der Waals surface area contributed by atoms with Crippen LogP contribution in [0.25, 0.3) is 0 Å². The van der Waals surface area contributed by atoms with Gasteiger partial charge in [-0.1, -0.05) is 15.9 Å². The summed E-state index contributed by atoms with van der Waals surface area (Å²) in [5, 5.41) is 18.3. The number of ether oxygens (including phenoxy) is 1. The van der Waals surface area contributed by atoms with Crippen LogP contribution < -0.4 is 10.5 Å². The van der Waals surface area contributed by atoms with Gasteiger partial charge in [0.15, 0.2) is 17.3 Å². The number of benzene rings is 1. The number of hydrogen-bond acceptors (Lipinski definition) is 4. The highest BCUT2D eigenvalue weighted by Gasteiger charge is 2.21. The number of rotatable bonds is 3. The van der Waals surface area contributed by atoms with Crippen molar-refractivity contribution in [2.75, 3.05) is 13.7 Å². The van der Waals surface area contributed by atoms with Gasteiger partial charge in [-0.25, -0.2) is 4.39 Å². The Bertz CT molecular complexity index is 373. The third-order valence-electron chi connectivity index (χ3n) is 1.97. The van der Waals surface area contributed by atoms with Gasteiger partial charge in [0, 0.05) is 10.0 Å². The number of aliphatic hydroxyl groups is 1. The molecule has 15 heavy (non-hydrogen) atoms. The Hall–Kier alpha value is -0.850. The molecule has 6 heteroatoms. The number of aliphatic hydroxyl groups excluding tert-OH is 1. The Morgan fingerprint density at radius 1 is 1.67 bits per heavy atom. The summed E-state index contributed by atoms with van der Waals surface area (Å²) in [6, 6.07) is 0.323. The molecule has 0 aliphatic heterocycles. The molecular weight excluding hydrogens is 269 g/mol. The molecule has 0 saturated carbocycles. The first-order valence-corrected chi connectivity index (χ1v) is 4.93. The van der Waals surface area contributed by atoms with E-state index in [4.69, 9.17) is 15.6 Å². The molecule has 1 atom stereocenters. The van der Waals surface area contributed by atoms with Gasteiger partial charge in [0.05, 0.1) is 19.8 Å². The van der Waals surface area contributed by atoms with Crippen LogP contribution >= 0.6 is 15.9 Å². The van der Waals surface area contributed by atoms with Gasteiger partial charge in [0.1, 0.15) is 0 Å². The van der Waals surface area contributed by atoms with Gasteiger partial charge in [-0.05, 0) is 6.07 Å². The summed E-state index contributed by atoms with van der Waals surface area (Å²) in [6.45, 7) is -0.333. The molecule has 0 saturated heterocycles. The molecule has 1 aromatic rings. The molecule has 0 spiro atoms. The predicted molar refractivity (Wildman–Crippen MR) is 56.3 cm³/mol. The first-order chi connectivity index (χ1) is 7.02. The Labute approximate surface area is 94.6 Å². The molecule has 0 bridgehead atoms. The summed E-state index contributed by atoms with van der Waals surface area (Å²) in [5.41, 5.74) is 5.93. The lowest BCUT2D eigenvalue weighted by Crippen LogP contribution is -2.16. The lowest BCUT2D eigenvalue weighted by molar-refractivity contribution is 0.262. The molecule has 0 fully saturated rings. The SMILES string of the molecule is COc1c(O)c(F)cc(Br)c1C(N)CO. The summed E-state index contributed by atoms with van der Waals surface area (Å²) in [7, 11) is 1.29. The zero-order valence-corrected chi connectivity index (χ0v) is 9.58. The number of methoxy groups -OCH3 is 1. The van der Waals surface area contributed by atoms with Crippen LogP contribution in [0.4, 0.5) is 4.39 Å². The van der Waals surface area contributed by atoms with Gasteiger partial charge in [0.25, 0.3) is 0 Å². The van der Waals surface area contributed by atoms with Crippen LogP contribution in [0.2, 0.25) is 0 Å². The van der Waals surface area contributed by atoms with E-state index in [1.54, 1.807) is 0 Å². The Morgan fingerprint density at radius 3 is 2.73 bits per heavy atom. The topological polar surface area (TPSA) is 75.7 Å². The summed E-state index contributed by atoms with van der Waals surface area (Å²) in [6.07, 6.45) is 0. The zero-order chi connectivity index (χ0) is 11.6. The average Bonchev–Trinajstić information content (AvgIpc) is 2.21. The van der Waals surface area contributed by atoms with Crippen molar-refractivity contribution in [2.24, 2.45) is 5.73 Å². The fourth-order valence-corrected chi connectivity index (χ4v) is 1.92. The minimum Gasteiger partial charge on any atom is -0.502 e. The highest BCUT2D eigenvalue weighted by Crippen LogP contribution is 2.40. The van der Waals surface area contributed by atoms with Crippen molar-refractivity contribution in [3.8, 4) is 11.5 Å². The number of hydrogen-bond donors (Lipinski definition) is 3. The van der Waals surface area contributed by atoms with E-state index in [0.717, 1.165) is 6.07 Å². The molecule has 1 unspecified atom stereocenters. The predicted octanol–water partition coefficient (Wildman–Crippen LogP) is 1.29. The maximum Gasteiger partial charge on any atom is 0.194 e. The van der Waals surface area contributed by atoms with Gasteiger partial charge in [-0.15, -0.1) is 0 Å². The normalized spacial score (nSPS) is 12.6. The van der Waals surface area contributed by atoms with E-state index in [2.05, 4.69) is 15.9 Å². The molecule has 0 aliphatic carbocycles. The number of aromatic hydroxyl groups is 1. The standard InChI is InChI=1S/C9H11BrFNO3/c1-15-9-7(6(12)3-13)4(10)2-5(11)8(9)14/h2,6,13-14H,3,12H2,1H3. The van der Waals surface area contributed by atoms with Crippen molar-refractivity contribution in [3.63, 3.8) is 0 Å². The maximum atomic E-state index is 13.1. The molecule has 84 valence electrons.